The van der Waals surface area contributed by atoms with Crippen molar-refractivity contribution in [2.24, 2.45) is 5.92 Å². The molecule has 0 radical (unpaired) electrons. The third-order valence-corrected chi connectivity index (χ3v) is 5.96. The quantitative estimate of drug-likeness (QED) is 0.794. The largest absolute Gasteiger partial charge is 0.493 e. The number of hydrogen-bond acceptors (Lipinski definition) is 3. The summed E-state index contributed by atoms with van der Waals surface area (Å²) in [5, 5.41) is 13.6. The predicted molar refractivity (Wildman–Crippen MR) is 105 cm³/mol. The van der Waals surface area contributed by atoms with Gasteiger partial charge in [-0.2, -0.15) is 0 Å². The van der Waals surface area contributed by atoms with Crippen LogP contribution in [0.1, 0.15) is 42.0 Å². The van der Waals surface area contributed by atoms with Crippen molar-refractivity contribution in [3.63, 3.8) is 0 Å². The molecule has 4 rings (SSSR count). The maximum Gasteiger partial charge on any atom is 0.220 e. The summed E-state index contributed by atoms with van der Waals surface area (Å²) in [6.07, 6.45) is 3.11. The van der Waals surface area contributed by atoms with Gasteiger partial charge in [-0.3, -0.25) is 4.79 Å². The van der Waals surface area contributed by atoms with Gasteiger partial charge in [-0.15, -0.1) is 0 Å². The molecular formula is C22H24ClNO3. The standard InChI is InChI=1S/C22H24ClNO3/c23-19-4-2-1-3-14(19)6-8-21(26)24-22(17-12-18(25)13-17)16-5-7-20-15(11-16)9-10-27-20/h1-5,7,11,17-18,22,25H,6,8-10,12-13H2,(H,24,26)/t17?,18?,22-/m0/s1. The van der Waals surface area contributed by atoms with Gasteiger partial charge in [0.15, 0.2) is 0 Å². The molecule has 2 N–H and O–H groups in total. The minimum atomic E-state index is -0.254. The Labute approximate surface area is 164 Å². The second-order valence-electron chi connectivity index (χ2n) is 7.49. The Hall–Kier alpha value is -2.04. The van der Waals surface area contributed by atoms with Gasteiger partial charge in [0.1, 0.15) is 5.75 Å². The lowest BCUT2D eigenvalue weighted by Gasteiger charge is -2.38. The minimum absolute atomic E-state index is 0.0121. The first-order chi connectivity index (χ1) is 13.1. The SMILES string of the molecule is O=C(CCc1ccccc1Cl)N[C@@H](c1ccc2c(c1)CCO2)C1CC(O)C1. The maximum atomic E-state index is 12.6. The zero-order valence-electron chi connectivity index (χ0n) is 15.2. The van der Waals surface area contributed by atoms with Crippen molar-refractivity contribution in [2.75, 3.05) is 6.61 Å². The number of aliphatic hydroxyl groups excluding tert-OH is 1. The number of halogens is 1. The van der Waals surface area contributed by atoms with E-state index in [1.54, 1.807) is 0 Å². The first-order valence-electron chi connectivity index (χ1n) is 9.56. The van der Waals surface area contributed by atoms with Gasteiger partial charge in [-0.25, -0.2) is 0 Å². The number of hydrogen-bond donors (Lipinski definition) is 2. The second-order valence-corrected chi connectivity index (χ2v) is 7.89. The van der Waals surface area contributed by atoms with Crippen molar-refractivity contribution >= 4 is 17.5 Å². The van der Waals surface area contributed by atoms with E-state index in [4.69, 9.17) is 16.3 Å². The molecule has 0 bridgehead atoms. The minimum Gasteiger partial charge on any atom is -0.493 e. The van der Waals surface area contributed by atoms with Gasteiger partial charge in [-0.05, 0) is 60.1 Å². The fourth-order valence-electron chi connectivity index (χ4n) is 3.97. The molecule has 1 amide bonds. The molecule has 4 nitrogen and oxygen atoms in total. The average Bonchev–Trinajstić information content (AvgIpc) is 3.11. The molecule has 0 aromatic heterocycles. The van der Waals surface area contributed by atoms with E-state index in [0.717, 1.165) is 42.7 Å². The molecule has 1 fully saturated rings. The maximum absolute atomic E-state index is 12.6. The average molecular weight is 386 g/mol. The summed E-state index contributed by atoms with van der Waals surface area (Å²) in [5.41, 5.74) is 3.28. The topological polar surface area (TPSA) is 58.6 Å². The van der Waals surface area contributed by atoms with E-state index in [0.29, 0.717) is 17.9 Å². The summed E-state index contributed by atoms with van der Waals surface area (Å²) < 4.78 is 5.59. The van der Waals surface area contributed by atoms with Crippen LogP contribution in [-0.2, 0) is 17.6 Å². The molecular weight excluding hydrogens is 362 g/mol. The Morgan fingerprint density at radius 1 is 1.26 bits per heavy atom. The van der Waals surface area contributed by atoms with Gasteiger partial charge in [0.25, 0.3) is 0 Å². The number of aryl methyl sites for hydroxylation is 1. The number of carbonyl (C=O) groups excluding carboxylic acids is 1. The fraction of sp³-hybridized carbons (Fsp3) is 0.409. The Kier molecular flexibility index (Phi) is 5.37. The molecule has 1 saturated carbocycles. The molecule has 0 spiro atoms. The second kappa shape index (κ2) is 7.91. The van der Waals surface area contributed by atoms with Crippen LogP contribution in [0.4, 0.5) is 0 Å². The highest BCUT2D eigenvalue weighted by Crippen LogP contribution is 2.39. The summed E-state index contributed by atoms with van der Waals surface area (Å²) in [7, 11) is 0. The van der Waals surface area contributed by atoms with Crippen LogP contribution in [0.25, 0.3) is 0 Å². The first-order valence-corrected chi connectivity index (χ1v) is 9.94. The van der Waals surface area contributed by atoms with Gasteiger partial charge in [0.2, 0.25) is 5.91 Å². The third kappa shape index (κ3) is 4.12. The summed E-state index contributed by atoms with van der Waals surface area (Å²) >= 11 is 6.19. The molecule has 1 aliphatic heterocycles. The zero-order valence-corrected chi connectivity index (χ0v) is 15.9. The van der Waals surface area contributed by atoms with Crippen LogP contribution in [0.2, 0.25) is 5.02 Å². The highest BCUT2D eigenvalue weighted by molar-refractivity contribution is 6.31. The van der Waals surface area contributed by atoms with E-state index in [1.165, 1.54) is 5.56 Å². The number of benzene rings is 2. The van der Waals surface area contributed by atoms with E-state index < -0.39 is 0 Å². The fourth-order valence-corrected chi connectivity index (χ4v) is 4.20. The summed E-state index contributed by atoms with van der Waals surface area (Å²) in [5.74, 6) is 1.22. The van der Waals surface area contributed by atoms with E-state index in [1.807, 2.05) is 36.4 Å². The van der Waals surface area contributed by atoms with Crippen molar-refractivity contribution in [3.8, 4) is 5.75 Å². The van der Waals surface area contributed by atoms with Gasteiger partial charge in [0, 0.05) is 17.9 Å². The highest BCUT2D eigenvalue weighted by atomic mass is 35.5. The van der Waals surface area contributed by atoms with E-state index in [2.05, 4.69) is 11.4 Å². The number of nitrogens with one attached hydrogen (secondary N) is 1. The molecule has 2 aromatic carbocycles. The molecule has 0 saturated heterocycles. The van der Waals surface area contributed by atoms with Crippen molar-refractivity contribution in [1.29, 1.82) is 0 Å². The van der Waals surface area contributed by atoms with E-state index in [9.17, 15) is 9.90 Å². The van der Waals surface area contributed by atoms with E-state index >= 15 is 0 Å². The molecule has 1 heterocycles. The van der Waals surface area contributed by atoms with Crippen molar-refractivity contribution in [2.45, 2.75) is 44.2 Å². The summed E-state index contributed by atoms with van der Waals surface area (Å²) in [4.78, 5) is 12.6. The molecule has 2 aliphatic rings. The number of carbonyl (C=O) groups is 1. The molecule has 5 heteroatoms. The number of aliphatic hydroxyl groups is 1. The lowest BCUT2D eigenvalue weighted by atomic mass is 9.74. The molecule has 142 valence electrons. The Morgan fingerprint density at radius 2 is 2.07 bits per heavy atom. The molecule has 0 unspecified atom stereocenters. The lowest BCUT2D eigenvalue weighted by Crippen LogP contribution is -2.41. The monoisotopic (exact) mass is 385 g/mol. The zero-order chi connectivity index (χ0) is 18.8. The third-order valence-electron chi connectivity index (χ3n) is 5.59. The Bertz CT molecular complexity index is 832. The van der Waals surface area contributed by atoms with Gasteiger partial charge < -0.3 is 15.2 Å². The van der Waals surface area contributed by atoms with Crippen LogP contribution >= 0.6 is 11.6 Å². The van der Waals surface area contributed by atoms with Crippen LogP contribution in [0, 0.1) is 5.92 Å². The summed E-state index contributed by atoms with van der Waals surface area (Å²) in [6.45, 7) is 0.718. The van der Waals surface area contributed by atoms with E-state index in [-0.39, 0.29) is 24.0 Å². The molecule has 1 aliphatic carbocycles. The number of ether oxygens (including phenoxy) is 1. The van der Waals surface area contributed by atoms with Crippen LogP contribution in [0.3, 0.4) is 0 Å². The molecule has 1 atom stereocenters. The molecule has 2 aromatic rings. The smallest absolute Gasteiger partial charge is 0.220 e. The predicted octanol–water partition coefficient (Wildman–Crippen LogP) is 3.84. The van der Waals surface area contributed by atoms with Crippen LogP contribution in [0.15, 0.2) is 42.5 Å². The van der Waals surface area contributed by atoms with Gasteiger partial charge in [-0.1, -0.05) is 35.9 Å². The highest BCUT2D eigenvalue weighted by Gasteiger charge is 2.36. The number of rotatable bonds is 6. The van der Waals surface area contributed by atoms with Crippen LogP contribution < -0.4 is 10.1 Å². The lowest BCUT2D eigenvalue weighted by molar-refractivity contribution is -0.123. The van der Waals surface area contributed by atoms with Gasteiger partial charge >= 0.3 is 0 Å². The molecule has 27 heavy (non-hydrogen) atoms. The first kappa shape index (κ1) is 18.3. The number of fused-ring (bicyclic) bond motifs is 1. The van der Waals surface area contributed by atoms with Crippen LogP contribution in [-0.4, -0.2) is 23.7 Å². The van der Waals surface area contributed by atoms with Crippen LogP contribution in [0.5, 0.6) is 5.75 Å². The summed E-state index contributed by atoms with van der Waals surface area (Å²) in [6, 6.07) is 13.7. The van der Waals surface area contributed by atoms with Crippen molar-refractivity contribution in [3.05, 3.63) is 64.2 Å². The normalized spacial score (nSPS) is 21.7. The number of amides is 1. The van der Waals surface area contributed by atoms with Crippen molar-refractivity contribution < 1.29 is 14.6 Å². The Balaban J connectivity index is 1.45. The van der Waals surface area contributed by atoms with Gasteiger partial charge in [0.05, 0.1) is 18.8 Å². The Morgan fingerprint density at radius 3 is 2.85 bits per heavy atom. The van der Waals surface area contributed by atoms with Crippen molar-refractivity contribution in [1.82, 2.24) is 5.32 Å².